The number of carbonyl (C=O) groups excluding carboxylic acids is 1. The first kappa shape index (κ1) is 13.5. The number of aromatic nitrogens is 2. The smallest absolute Gasteiger partial charge is 0.269 e. The van der Waals surface area contributed by atoms with Crippen LogP contribution in [0.1, 0.15) is 34.7 Å². The minimum atomic E-state index is -0.423. The molecule has 1 unspecified atom stereocenters. The lowest BCUT2D eigenvalue weighted by molar-refractivity contribution is 0.0941. The van der Waals surface area contributed by atoms with Gasteiger partial charge in [-0.05, 0) is 31.2 Å². The third kappa shape index (κ3) is 1.99. The quantitative estimate of drug-likeness (QED) is 0.807. The number of allylic oxidation sites excluding steroid dienone is 2. The standard InChI is InChI=1S/C17H13N3O3/c1-10-14-19-16-12(7-4-5-9-23-16)17(22)20(14)13-8-3-2-6-11(13)15(21)18-10/h2-10H,1H3,(H,18,21). The molecule has 0 radical (unpaired) electrons. The Balaban J connectivity index is 2.11. The van der Waals surface area contributed by atoms with Crippen LogP contribution >= 0.6 is 0 Å². The van der Waals surface area contributed by atoms with Crippen LogP contribution in [0.15, 0.2) is 47.5 Å². The number of para-hydroxylation sites is 1. The van der Waals surface area contributed by atoms with Gasteiger partial charge in [0.2, 0.25) is 5.88 Å². The molecule has 114 valence electrons. The van der Waals surface area contributed by atoms with Crippen molar-refractivity contribution in [3.8, 4) is 11.6 Å². The van der Waals surface area contributed by atoms with E-state index >= 15 is 0 Å². The van der Waals surface area contributed by atoms with E-state index in [-0.39, 0.29) is 17.3 Å². The Bertz CT molecular complexity index is 941. The van der Waals surface area contributed by atoms with Crippen molar-refractivity contribution in [2.75, 3.05) is 0 Å². The Morgan fingerprint density at radius 2 is 2.04 bits per heavy atom. The van der Waals surface area contributed by atoms with Crippen LogP contribution in [0, 0.1) is 0 Å². The maximum Gasteiger partial charge on any atom is 0.269 e. The molecular formula is C17H13N3O3. The van der Waals surface area contributed by atoms with E-state index in [2.05, 4.69) is 10.3 Å². The summed E-state index contributed by atoms with van der Waals surface area (Å²) < 4.78 is 6.90. The van der Waals surface area contributed by atoms with Crippen molar-refractivity contribution in [1.29, 1.82) is 0 Å². The highest BCUT2D eigenvalue weighted by Crippen LogP contribution is 2.26. The average molecular weight is 307 g/mol. The number of amides is 1. The topological polar surface area (TPSA) is 73.2 Å². The number of nitrogens with zero attached hydrogens (tertiary/aromatic N) is 2. The summed E-state index contributed by atoms with van der Waals surface area (Å²) in [5, 5.41) is 2.85. The van der Waals surface area contributed by atoms with Crippen molar-refractivity contribution in [1.82, 2.24) is 14.9 Å². The maximum atomic E-state index is 13.0. The molecule has 1 aromatic carbocycles. The molecule has 0 aliphatic carbocycles. The highest BCUT2D eigenvalue weighted by Gasteiger charge is 2.28. The molecule has 2 aliphatic heterocycles. The van der Waals surface area contributed by atoms with Gasteiger partial charge in [-0.2, -0.15) is 4.98 Å². The van der Waals surface area contributed by atoms with E-state index in [0.717, 1.165) is 0 Å². The fourth-order valence-corrected chi connectivity index (χ4v) is 2.79. The largest absolute Gasteiger partial charge is 0.446 e. The van der Waals surface area contributed by atoms with Crippen LogP contribution in [0.4, 0.5) is 0 Å². The highest BCUT2D eigenvalue weighted by atomic mass is 16.5. The Kier molecular flexibility index (Phi) is 2.90. The summed E-state index contributed by atoms with van der Waals surface area (Å²) in [5.74, 6) is 0.451. The zero-order chi connectivity index (χ0) is 16.0. The second-order valence-corrected chi connectivity index (χ2v) is 5.35. The zero-order valence-electron chi connectivity index (χ0n) is 12.3. The SMILES string of the molecule is CC1NC(=O)c2ccccc2-n2c1nc1c(c2=O)C=CC=CO1. The minimum Gasteiger partial charge on any atom is -0.446 e. The molecule has 4 rings (SSSR count). The van der Waals surface area contributed by atoms with Gasteiger partial charge in [0.05, 0.1) is 23.6 Å². The Labute approximate surface area is 131 Å². The number of carbonyl (C=O) groups is 1. The second kappa shape index (κ2) is 4.95. The first-order valence-corrected chi connectivity index (χ1v) is 7.24. The molecule has 0 saturated heterocycles. The summed E-state index contributed by atoms with van der Waals surface area (Å²) in [5.41, 5.74) is 1.06. The number of rotatable bonds is 0. The lowest BCUT2D eigenvalue weighted by Gasteiger charge is -2.16. The van der Waals surface area contributed by atoms with Crippen molar-refractivity contribution in [3.05, 3.63) is 70.0 Å². The van der Waals surface area contributed by atoms with Crippen molar-refractivity contribution < 1.29 is 9.53 Å². The molecule has 0 spiro atoms. The molecule has 0 fully saturated rings. The van der Waals surface area contributed by atoms with E-state index in [0.29, 0.717) is 22.6 Å². The molecule has 1 N–H and O–H groups in total. The van der Waals surface area contributed by atoms with Crippen molar-refractivity contribution in [2.24, 2.45) is 0 Å². The lowest BCUT2D eigenvalue weighted by Crippen LogP contribution is -2.29. The Morgan fingerprint density at radius 3 is 2.91 bits per heavy atom. The predicted octanol–water partition coefficient (Wildman–Crippen LogP) is 1.96. The van der Waals surface area contributed by atoms with Gasteiger partial charge >= 0.3 is 0 Å². The van der Waals surface area contributed by atoms with Gasteiger partial charge in [-0.15, -0.1) is 0 Å². The van der Waals surface area contributed by atoms with Crippen LogP contribution in [0.3, 0.4) is 0 Å². The fraction of sp³-hybridized carbons (Fsp3) is 0.118. The molecule has 2 aromatic rings. The van der Waals surface area contributed by atoms with E-state index in [1.807, 2.05) is 0 Å². The van der Waals surface area contributed by atoms with Gasteiger partial charge in [0, 0.05) is 0 Å². The summed E-state index contributed by atoms with van der Waals surface area (Å²) in [6, 6.07) is 6.57. The van der Waals surface area contributed by atoms with E-state index in [1.165, 1.54) is 10.8 Å². The second-order valence-electron chi connectivity index (χ2n) is 5.35. The maximum absolute atomic E-state index is 13.0. The van der Waals surface area contributed by atoms with E-state index < -0.39 is 6.04 Å². The third-order valence-corrected chi connectivity index (χ3v) is 3.87. The Morgan fingerprint density at radius 1 is 1.22 bits per heavy atom. The Hall–Kier alpha value is -3.15. The van der Waals surface area contributed by atoms with Crippen LogP contribution in [0.5, 0.6) is 5.88 Å². The molecule has 2 aliphatic rings. The first-order valence-electron chi connectivity index (χ1n) is 7.24. The summed E-state index contributed by atoms with van der Waals surface area (Å²) in [6.45, 7) is 1.79. The van der Waals surface area contributed by atoms with Crippen molar-refractivity contribution in [2.45, 2.75) is 13.0 Å². The average Bonchev–Trinajstić information content (AvgIpc) is 2.84. The van der Waals surface area contributed by atoms with Gasteiger partial charge in [0.15, 0.2) is 0 Å². The summed E-state index contributed by atoms with van der Waals surface area (Å²) in [6.07, 6.45) is 6.54. The first-order chi connectivity index (χ1) is 11.2. The molecule has 23 heavy (non-hydrogen) atoms. The zero-order valence-corrected chi connectivity index (χ0v) is 12.3. The van der Waals surface area contributed by atoms with Gasteiger partial charge in [-0.25, -0.2) is 0 Å². The number of hydrogen-bond acceptors (Lipinski definition) is 4. The number of hydrogen-bond donors (Lipinski definition) is 1. The molecule has 0 bridgehead atoms. The number of fused-ring (bicyclic) bond motifs is 4. The van der Waals surface area contributed by atoms with Crippen LogP contribution < -0.4 is 15.6 Å². The summed E-state index contributed by atoms with van der Waals surface area (Å²) >= 11 is 0. The summed E-state index contributed by atoms with van der Waals surface area (Å²) in [7, 11) is 0. The van der Waals surface area contributed by atoms with Crippen LogP contribution in [-0.2, 0) is 0 Å². The van der Waals surface area contributed by atoms with Gasteiger partial charge in [-0.1, -0.05) is 18.2 Å². The molecule has 0 saturated carbocycles. The van der Waals surface area contributed by atoms with E-state index in [1.54, 1.807) is 49.4 Å². The van der Waals surface area contributed by atoms with Gasteiger partial charge in [-0.3, -0.25) is 14.2 Å². The number of ether oxygens (including phenoxy) is 1. The predicted molar refractivity (Wildman–Crippen MR) is 84.5 cm³/mol. The lowest BCUT2D eigenvalue weighted by atomic mass is 10.1. The van der Waals surface area contributed by atoms with Crippen molar-refractivity contribution in [3.63, 3.8) is 0 Å². The fourth-order valence-electron chi connectivity index (χ4n) is 2.79. The van der Waals surface area contributed by atoms with Gasteiger partial charge in [0.25, 0.3) is 11.5 Å². The minimum absolute atomic E-state index is 0.232. The molecule has 6 heteroatoms. The number of nitrogens with one attached hydrogen (secondary N) is 1. The third-order valence-electron chi connectivity index (χ3n) is 3.87. The van der Waals surface area contributed by atoms with E-state index in [9.17, 15) is 9.59 Å². The van der Waals surface area contributed by atoms with Crippen molar-refractivity contribution >= 4 is 12.0 Å². The van der Waals surface area contributed by atoms with Crippen LogP contribution in [0.2, 0.25) is 0 Å². The molecule has 3 heterocycles. The van der Waals surface area contributed by atoms with E-state index in [4.69, 9.17) is 4.74 Å². The number of benzene rings is 1. The molecule has 1 aromatic heterocycles. The van der Waals surface area contributed by atoms with Gasteiger partial charge < -0.3 is 10.1 Å². The van der Waals surface area contributed by atoms with Gasteiger partial charge in [0.1, 0.15) is 11.4 Å². The van der Waals surface area contributed by atoms with Crippen LogP contribution in [-0.4, -0.2) is 15.5 Å². The molecule has 1 amide bonds. The molecule has 6 nitrogen and oxygen atoms in total. The molecule has 1 atom stereocenters. The van der Waals surface area contributed by atoms with Crippen LogP contribution in [0.25, 0.3) is 11.8 Å². The molecular weight excluding hydrogens is 294 g/mol. The monoisotopic (exact) mass is 307 g/mol. The normalized spacial score (nSPS) is 18.0. The highest BCUT2D eigenvalue weighted by molar-refractivity contribution is 5.98. The summed E-state index contributed by atoms with van der Waals surface area (Å²) in [4.78, 5) is 29.8.